The molecule has 2 N–H and O–H groups in total. The summed E-state index contributed by atoms with van der Waals surface area (Å²) in [6, 6.07) is 8.16. The van der Waals surface area contributed by atoms with E-state index in [0.29, 0.717) is 12.1 Å². The van der Waals surface area contributed by atoms with E-state index in [0.717, 1.165) is 0 Å². The van der Waals surface area contributed by atoms with Gasteiger partial charge in [0.25, 0.3) is 5.91 Å². The molecule has 142 valence electrons. The number of para-hydroxylation sites is 1. The molecule has 1 fully saturated rings. The van der Waals surface area contributed by atoms with Gasteiger partial charge >= 0.3 is 5.97 Å². The molecule has 1 aliphatic rings. The highest BCUT2D eigenvalue weighted by Gasteiger charge is 2.35. The maximum absolute atomic E-state index is 12.7. The van der Waals surface area contributed by atoms with Gasteiger partial charge < -0.3 is 15.4 Å². The standard InChI is InChI=1S/C17H18N4O5S/c18-16-15(19-7-8-20-16)17(23)26-10-14(22)21(12-4-2-1-3-5-12)13-6-9-27(24,25)11-13/h1-5,7-8,13H,6,9-11H2,(H2,18,20)/t13-/m0/s1. The highest BCUT2D eigenvalue weighted by molar-refractivity contribution is 7.91. The molecule has 27 heavy (non-hydrogen) atoms. The van der Waals surface area contributed by atoms with Crippen LogP contribution in [0, 0.1) is 0 Å². The van der Waals surface area contributed by atoms with E-state index in [1.807, 2.05) is 0 Å². The quantitative estimate of drug-likeness (QED) is 0.727. The lowest BCUT2D eigenvalue weighted by Crippen LogP contribution is -2.43. The number of aromatic nitrogens is 2. The average molecular weight is 390 g/mol. The molecule has 10 heteroatoms. The molecule has 0 unspecified atom stereocenters. The highest BCUT2D eigenvalue weighted by atomic mass is 32.2. The summed E-state index contributed by atoms with van der Waals surface area (Å²) in [6.07, 6.45) is 2.94. The van der Waals surface area contributed by atoms with E-state index in [2.05, 4.69) is 9.97 Å². The largest absolute Gasteiger partial charge is 0.451 e. The SMILES string of the molecule is Nc1nccnc1C(=O)OCC(=O)N(c1ccccc1)[C@H]1CCS(=O)(=O)C1. The van der Waals surface area contributed by atoms with E-state index >= 15 is 0 Å². The van der Waals surface area contributed by atoms with Crippen LogP contribution in [0.25, 0.3) is 0 Å². The predicted octanol–water partition coefficient (Wildman–Crippen LogP) is 0.436. The molecule has 1 aromatic carbocycles. The Hall–Kier alpha value is -3.01. The minimum absolute atomic E-state index is 0.0181. The minimum Gasteiger partial charge on any atom is -0.451 e. The van der Waals surface area contributed by atoms with Crippen molar-refractivity contribution < 1.29 is 22.7 Å². The third-order valence-corrected chi connectivity index (χ3v) is 5.87. The molecule has 1 saturated heterocycles. The van der Waals surface area contributed by atoms with Crippen molar-refractivity contribution >= 4 is 33.2 Å². The zero-order chi connectivity index (χ0) is 19.4. The summed E-state index contributed by atoms with van der Waals surface area (Å²) in [6.45, 7) is -0.569. The van der Waals surface area contributed by atoms with Crippen LogP contribution in [-0.2, 0) is 19.4 Å². The first-order valence-electron chi connectivity index (χ1n) is 8.18. The van der Waals surface area contributed by atoms with Crippen molar-refractivity contribution in [1.29, 1.82) is 0 Å². The fraction of sp³-hybridized carbons (Fsp3) is 0.294. The molecular weight excluding hydrogens is 372 g/mol. The van der Waals surface area contributed by atoms with Crippen molar-refractivity contribution in [2.75, 3.05) is 28.7 Å². The number of nitrogens with two attached hydrogens (primary N) is 1. The molecule has 3 rings (SSSR count). The first-order chi connectivity index (χ1) is 12.9. The molecule has 0 spiro atoms. The van der Waals surface area contributed by atoms with Gasteiger partial charge in [-0.05, 0) is 18.6 Å². The smallest absolute Gasteiger partial charge is 0.361 e. The Labute approximate surface area is 156 Å². The fourth-order valence-corrected chi connectivity index (χ4v) is 4.60. The van der Waals surface area contributed by atoms with Crippen molar-refractivity contribution in [2.24, 2.45) is 0 Å². The van der Waals surface area contributed by atoms with Crippen LogP contribution in [0.1, 0.15) is 16.9 Å². The number of nitrogen functional groups attached to an aromatic ring is 1. The third-order valence-electron chi connectivity index (χ3n) is 4.12. The zero-order valence-electron chi connectivity index (χ0n) is 14.3. The van der Waals surface area contributed by atoms with Crippen molar-refractivity contribution in [2.45, 2.75) is 12.5 Å². The second-order valence-corrected chi connectivity index (χ2v) is 8.25. The van der Waals surface area contributed by atoms with Crippen LogP contribution in [-0.4, -0.2) is 54.4 Å². The number of anilines is 2. The third kappa shape index (κ3) is 4.40. The number of carbonyl (C=O) groups is 2. The van der Waals surface area contributed by atoms with Crippen molar-refractivity contribution in [3.05, 3.63) is 48.4 Å². The van der Waals surface area contributed by atoms with Gasteiger partial charge in [-0.1, -0.05) is 18.2 Å². The van der Waals surface area contributed by atoms with Gasteiger partial charge in [-0.15, -0.1) is 0 Å². The number of carbonyl (C=O) groups excluding carboxylic acids is 2. The summed E-state index contributed by atoms with van der Waals surface area (Å²) < 4.78 is 28.7. The Balaban J connectivity index is 1.76. The van der Waals surface area contributed by atoms with Crippen LogP contribution in [0.3, 0.4) is 0 Å². The summed E-state index contributed by atoms with van der Waals surface area (Å²) in [5.41, 5.74) is 5.93. The Morgan fingerprint density at radius 2 is 1.89 bits per heavy atom. The van der Waals surface area contributed by atoms with E-state index in [4.69, 9.17) is 10.5 Å². The van der Waals surface area contributed by atoms with E-state index in [1.54, 1.807) is 30.3 Å². The summed E-state index contributed by atoms with van der Waals surface area (Å²) in [4.78, 5) is 33.7. The molecule has 1 aromatic heterocycles. The Morgan fingerprint density at radius 1 is 1.19 bits per heavy atom. The summed E-state index contributed by atoms with van der Waals surface area (Å²) in [5, 5.41) is 0. The topological polar surface area (TPSA) is 133 Å². The van der Waals surface area contributed by atoms with E-state index in [9.17, 15) is 18.0 Å². The monoisotopic (exact) mass is 390 g/mol. The first-order valence-corrected chi connectivity index (χ1v) is 10.0. The molecule has 0 saturated carbocycles. The number of hydrogen-bond donors (Lipinski definition) is 1. The number of rotatable bonds is 5. The van der Waals surface area contributed by atoms with Gasteiger partial charge in [-0.25, -0.2) is 23.2 Å². The van der Waals surface area contributed by atoms with Gasteiger partial charge in [0.05, 0.1) is 17.5 Å². The van der Waals surface area contributed by atoms with Gasteiger partial charge in [0.15, 0.2) is 28.0 Å². The molecule has 0 radical (unpaired) electrons. The van der Waals surface area contributed by atoms with Crippen LogP contribution in [0.4, 0.5) is 11.5 Å². The predicted molar refractivity (Wildman–Crippen MR) is 97.7 cm³/mol. The number of sulfone groups is 1. The van der Waals surface area contributed by atoms with Gasteiger partial charge in [-0.2, -0.15) is 0 Å². The van der Waals surface area contributed by atoms with Crippen molar-refractivity contribution in [3.63, 3.8) is 0 Å². The number of amides is 1. The normalized spacial score (nSPS) is 18.0. The number of esters is 1. The summed E-state index contributed by atoms with van der Waals surface area (Å²) in [7, 11) is -3.20. The number of ether oxygens (including phenoxy) is 1. The zero-order valence-corrected chi connectivity index (χ0v) is 15.1. The Morgan fingerprint density at radius 3 is 2.52 bits per heavy atom. The number of benzene rings is 1. The maximum atomic E-state index is 12.7. The maximum Gasteiger partial charge on any atom is 0.361 e. The first kappa shape index (κ1) is 18.8. The van der Waals surface area contributed by atoms with Crippen LogP contribution < -0.4 is 10.6 Å². The summed E-state index contributed by atoms with van der Waals surface area (Å²) in [5.74, 6) is -1.61. The van der Waals surface area contributed by atoms with Crippen molar-refractivity contribution in [3.8, 4) is 0 Å². The summed E-state index contributed by atoms with van der Waals surface area (Å²) >= 11 is 0. The molecule has 1 aliphatic heterocycles. The van der Waals surface area contributed by atoms with E-state index in [-0.39, 0.29) is 23.0 Å². The van der Waals surface area contributed by atoms with Crippen LogP contribution >= 0.6 is 0 Å². The average Bonchev–Trinajstić information content (AvgIpc) is 3.00. The molecule has 1 atom stereocenters. The lowest BCUT2D eigenvalue weighted by Gasteiger charge is -2.28. The van der Waals surface area contributed by atoms with Gasteiger partial charge in [0, 0.05) is 18.1 Å². The Bertz CT molecular complexity index is 949. The van der Waals surface area contributed by atoms with Crippen molar-refractivity contribution in [1.82, 2.24) is 9.97 Å². The molecule has 1 amide bonds. The molecule has 0 bridgehead atoms. The molecular formula is C17H18N4O5S. The number of hydrogen-bond acceptors (Lipinski definition) is 8. The van der Waals surface area contributed by atoms with Gasteiger partial charge in [0.1, 0.15) is 0 Å². The van der Waals surface area contributed by atoms with E-state index < -0.39 is 34.4 Å². The fourth-order valence-electron chi connectivity index (χ4n) is 2.90. The minimum atomic E-state index is -3.20. The number of nitrogens with zero attached hydrogens (tertiary/aromatic N) is 3. The van der Waals surface area contributed by atoms with Crippen LogP contribution in [0.2, 0.25) is 0 Å². The molecule has 2 heterocycles. The second-order valence-electron chi connectivity index (χ2n) is 6.02. The van der Waals surface area contributed by atoms with Crippen LogP contribution in [0.15, 0.2) is 42.7 Å². The van der Waals surface area contributed by atoms with Gasteiger partial charge in [-0.3, -0.25) is 4.79 Å². The van der Waals surface area contributed by atoms with Gasteiger partial charge in [0.2, 0.25) is 0 Å². The highest BCUT2D eigenvalue weighted by Crippen LogP contribution is 2.24. The lowest BCUT2D eigenvalue weighted by atomic mass is 10.2. The molecule has 2 aromatic rings. The van der Waals surface area contributed by atoms with Crippen LogP contribution in [0.5, 0.6) is 0 Å². The lowest BCUT2D eigenvalue weighted by molar-refractivity contribution is -0.122. The van der Waals surface area contributed by atoms with E-state index in [1.165, 1.54) is 17.3 Å². The molecule has 9 nitrogen and oxygen atoms in total. The second kappa shape index (κ2) is 7.70. The Kier molecular flexibility index (Phi) is 5.36. The molecule has 0 aliphatic carbocycles.